The van der Waals surface area contributed by atoms with E-state index in [4.69, 9.17) is 30.5 Å². The Bertz CT molecular complexity index is 1060. The Kier molecular flexibility index (Phi) is 5.65. The number of fused-ring (bicyclic) bond motifs is 1. The summed E-state index contributed by atoms with van der Waals surface area (Å²) in [5.41, 5.74) is 1.27. The fourth-order valence-electron chi connectivity index (χ4n) is 2.95. The molecule has 0 radical (unpaired) electrons. The Morgan fingerprint density at radius 2 is 1.90 bits per heavy atom. The average Bonchev–Trinajstić information content (AvgIpc) is 3.30. The van der Waals surface area contributed by atoms with Gasteiger partial charge in [0.1, 0.15) is 11.5 Å². The molecule has 0 spiro atoms. The van der Waals surface area contributed by atoms with Crippen molar-refractivity contribution in [2.45, 2.75) is 0 Å². The standard InChI is InChI=1S/C20H17ClN2O6S/c1-26-15-8-16(27-2)13(7-12(15)21)22-9-23-19(24)18(30-20(23)25)6-11-3-4-14-17(5-11)29-10-28-14/h3-8,22H,9-10H2,1-2H3. The number of hydrogen-bond acceptors (Lipinski definition) is 8. The number of thioether (sulfide) groups is 1. The maximum atomic E-state index is 12.7. The molecule has 0 bridgehead atoms. The van der Waals surface area contributed by atoms with Crippen molar-refractivity contribution in [1.29, 1.82) is 0 Å². The number of imide groups is 1. The first-order valence-corrected chi connectivity index (χ1v) is 10.00. The smallest absolute Gasteiger partial charge is 0.295 e. The zero-order valence-corrected chi connectivity index (χ0v) is 17.6. The molecule has 0 saturated carbocycles. The second kappa shape index (κ2) is 8.37. The fourth-order valence-corrected chi connectivity index (χ4v) is 4.03. The third kappa shape index (κ3) is 3.86. The summed E-state index contributed by atoms with van der Waals surface area (Å²) in [6.45, 7) is 0.127. The molecule has 1 N–H and O–H groups in total. The largest absolute Gasteiger partial charge is 0.495 e. The molecule has 4 rings (SSSR count). The maximum Gasteiger partial charge on any atom is 0.295 e. The molecule has 8 nitrogen and oxygen atoms in total. The van der Waals surface area contributed by atoms with Crippen LogP contribution in [0.25, 0.3) is 6.08 Å². The van der Waals surface area contributed by atoms with Crippen LogP contribution in [0, 0.1) is 0 Å². The van der Waals surface area contributed by atoms with Gasteiger partial charge in [-0.15, -0.1) is 0 Å². The number of amides is 2. The van der Waals surface area contributed by atoms with E-state index in [9.17, 15) is 9.59 Å². The van der Waals surface area contributed by atoms with Crippen LogP contribution < -0.4 is 24.3 Å². The normalized spacial score (nSPS) is 16.4. The van der Waals surface area contributed by atoms with Crippen molar-refractivity contribution in [2.24, 2.45) is 0 Å². The van der Waals surface area contributed by atoms with Gasteiger partial charge < -0.3 is 24.3 Å². The molecule has 0 unspecified atom stereocenters. The molecule has 2 aliphatic rings. The van der Waals surface area contributed by atoms with Crippen molar-refractivity contribution in [3.63, 3.8) is 0 Å². The summed E-state index contributed by atoms with van der Waals surface area (Å²) < 4.78 is 21.1. The second-order valence-corrected chi connectivity index (χ2v) is 7.64. The highest BCUT2D eigenvalue weighted by molar-refractivity contribution is 8.18. The molecule has 10 heteroatoms. The highest BCUT2D eigenvalue weighted by atomic mass is 35.5. The summed E-state index contributed by atoms with van der Waals surface area (Å²) in [5.74, 6) is 1.79. The summed E-state index contributed by atoms with van der Waals surface area (Å²) in [6.07, 6.45) is 1.65. The van der Waals surface area contributed by atoms with E-state index in [-0.39, 0.29) is 18.7 Å². The van der Waals surface area contributed by atoms with Crippen LogP contribution in [0.2, 0.25) is 5.02 Å². The first-order chi connectivity index (χ1) is 14.5. The number of anilines is 1. The summed E-state index contributed by atoms with van der Waals surface area (Å²) >= 11 is 7.04. The summed E-state index contributed by atoms with van der Waals surface area (Å²) in [7, 11) is 3.00. The topological polar surface area (TPSA) is 86.3 Å². The number of nitrogens with one attached hydrogen (secondary N) is 1. The van der Waals surface area contributed by atoms with Crippen LogP contribution in [0.15, 0.2) is 35.2 Å². The van der Waals surface area contributed by atoms with Crippen LogP contribution >= 0.6 is 23.4 Å². The summed E-state index contributed by atoms with van der Waals surface area (Å²) in [6, 6.07) is 8.56. The Labute approximate surface area is 181 Å². The van der Waals surface area contributed by atoms with Gasteiger partial charge in [-0.1, -0.05) is 17.7 Å². The Hall–Kier alpha value is -3.04. The van der Waals surface area contributed by atoms with Gasteiger partial charge in [0.15, 0.2) is 11.5 Å². The SMILES string of the molecule is COc1cc(OC)c(NCN2C(=O)SC(=Cc3ccc4c(c3)OCO4)C2=O)cc1Cl. The van der Waals surface area contributed by atoms with Crippen LogP contribution in [0.5, 0.6) is 23.0 Å². The highest BCUT2D eigenvalue weighted by Gasteiger charge is 2.35. The number of carbonyl (C=O) groups is 2. The lowest BCUT2D eigenvalue weighted by Crippen LogP contribution is -2.33. The molecule has 2 aliphatic heterocycles. The first kappa shape index (κ1) is 20.2. The molecule has 2 aromatic rings. The molecule has 1 fully saturated rings. The molecule has 0 aliphatic carbocycles. The summed E-state index contributed by atoms with van der Waals surface area (Å²) in [5, 5.41) is 3.02. The Morgan fingerprint density at radius 1 is 1.13 bits per heavy atom. The lowest BCUT2D eigenvalue weighted by molar-refractivity contribution is -0.122. The lowest BCUT2D eigenvalue weighted by Gasteiger charge is -2.17. The van der Waals surface area contributed by atoms with Gasteiger partial charge >= 0.3 is 0 Å². The van der Waals surface area contributed by atoms with Gasteiger partial charge in [-0.05, 0) is 41.6 Å². The molecule has 0 atom stereocenters. The van der Waals surface area contributed by atoms with Crippen molar-refractivity contribution < 1.29 is 28.5 Å². The van der Waals surface area contributed by atoms with Crippen LogP contribution in [-0.2, 0) is 4.79 Å². The number of halogens is 1. The number of hydrogen-bond donors (Lipinski definition) is 1. The number of nitrogens with zero attached hydrogens (tertiary/aromatic N) is 1. The molecular formula is C20H17ClN2O6S. The first-order valence-electron chi connectivity index (χ1n) is 8.80. The minimum Gasteiger partial charge on any atom is -0.495 e. The van der Waals surface area contributed by atoms with Gasteiger partial charge in [-0.2, -0.15) is 0 Å². The zero-order valence-electron chi connectivity index (χ0n) is 16.1. The maximum absolute atomic E-state index is 12.7. The van der Waals surface area contributed by atoms with Gasteiger partial charge in [0.25, 0.3) is 11.1 Å². The van der Waals surface area contributed by atoms with Crippen molar-refractivity contribution in [3.05, 3.63) is 45.8 Å². The van der Waals surface area contributed by atoms with Crippen molar-refractivity contribution in [1.82, 2.24) is 4.90 Å². The third-order valence-corrected chi connectivity index (χ3v) is 5.67. The monoisotopic (exact) mass is 448 g/mol. The van der Waals surface area contributed by atoms with E-state index < -0.39 is 5.91 Å². The predicted octanol–water partition coefficient (Wildman–Crippen LogP) is 4.19. The van der Waals surface area contributed by atoms with Gasteiger partial charge in [-0.3, -0.25) is 14.5 Å². The van der Waals surface area contributed by atoms with Crippen molar-refractivity contribution in [2.75, 3.05) is 33.0 Å². The molecule has 2 amide bonds. The van der Waals surface area contributed by atoms with Gasteiger partial charge in [0.2, 0.25) is 6.79 Å². The van der Waals surface area contributed by atoms with E-state index in [1.165, 1.54) is 14.2 Å². The van der Waals surface area contributed by atoms with Crippen molar-refractivity contribution >= 4 is 46.3 Å². The third-order valence-electron chi connectivity index (χ3n) is 4.47. The van der Waals surface area contributed by atoms with Crippen molar-refractivity contribution in [3.8, 4) is 23.0 Å². The van der Waals surface area contributed by atoms with Gasteiger partial charge in [0.05, 0.1) is 36.5 Å². The molecule has 1 saturated heterocycles. The molecule has 2 aromatic carbocycles. The zero-order chi connectivity index (χ0) is 21.3. The molecule has 156 valence electrons. The number of rotatable bonds is 6. The minimum absolute atomic E-state index is 0.0395. The average molecular weight is 449 g/mol. The summed E-state index contributed by atoms with van der Waals surface area (Å²) in [4.78, 5) is 26.6. The van der Waals surface area contributed by atoms with E-state index in [1.54, 1.807) is 36.4 Å². The molecule has 0 aromatic heterocycles. The van der Waals surface area contributed by atoms with Crippen LogP contribution in [0.1, 0.15) is 5.56 Å². The quantitative estimate of drug-likeness (QED) is 0.658. The Balaban J connectivity index is 1.49. The predicted molar refractivity (Wildman–Crippen MR) is 113 cm³/mol. The molecule has 2 heterocycles. The van der Waals surface area contributed by atoms with Gasteiger partial charge in [-0.25, -0.2) is 0 Å². The van der Waals surface area contributed by atoms with Crippen LogP contribution in [-0.4, -0.2) is 43.7 Å². The van der Waals surface area contributed by atoms with E-state index in [1.807, 2.05) is 0 Å². The lowest BCUT2D eigenvalue weighted by atomic mass is 10.2. The second-order valence-electron chi connectivity index (χ2n) is 6.24. The van der Waals surface area contributed by atoms with Crippen LogP contribution in [0.3, 0.4) is 0 Å². The van der Waals surface area contributed by atoms with E-state index in [2.05, 4.69) is 5.32 Å². The van der Waals surface area contributed by atoms with E-state index in [0.29, 0.717) is 38.6 Å². The Morgan fingerprint density at radius 3 is 2.67 bits per heavy atom. The fraction of sp³-hybridized carbons (Fsp3) is 0.200. The highest BCUT2D eigenvalue weighted by Crippen LogP contribution is 2.38. The van der Waals surface area contributed by atoms with Crippen LogP contribution in [0.4, 0.5) is 10.5 Å². The number of benzene rings is 2. The number of carbonyl (C=O) groups excluding carboxylic acids is 2. The van der Waals surface area contributed by atoms with Gasteiger partial charge in [0, 0.05) is 6.07 Å². The number of methoxy groups -OCH3 is 2. The minimum atomic E-state index is -0.395. The molecule has 30 heavy (non-hydrogen) atoms. The molecular weight excluding hydrogens is 432 g/mol. The number of ether oxygens (including phenoxy) is 4. The van der Waals surface area contributed by atoms with E-state index >= 15 is 0 Å². The van der Waals surface area contributed by atoms with E-state index in [0.717, 1.165) is 22.2 Å².